The number of carbonyl (C=O) groups excluding carboxylic acids is 10. The molecular weight excluding hydrogens is 814 g/mol. The van der Waals surface area contributed by atoms with Crippen LogP contribution in [0.3, 0.4) is 0 Å². The van der Waals surface area contributed by atoms with Crippen molar-refractivity contribution in [2.24, 2.45) is 47.0 Å². The number of imide groups is 1. The summed E-state index contributed by atoms with van der Waals surface area (Å²) in [5, 5.41) is 26.2. The van der Waals surface area contributed by atoms with E-state index in [0.29, 0.717) is 12.8 Å². The summed E-state index contributed by atoms with van der Waals surface area (Å²) < 4.78 is 0. The van der Waals surface area contributed by atoms with Crippen LogP contribution in [0.25, 0.3) is 0 Å². The highest BCUT2D eigenvalue weighted by atomic mass is 16.4. The van der Waals surface area contributed by atoms with Gasteiger partial charge in [-0.2, -0.15) is 0 Å². The number of aliphatic carboxylic acids is 2. The van der Waals surface area contributed by atoms with Gasteiger partial charge in [0.15, 0.2) is 0 Å². The third kappa shape index (κ3) is 45.3. The average molecular weight is 898 g/mol. The molecule has 0 aromatic rings. The fourth-order valence-corrected chi connectivity index (χ4v) is 3.57. The van der Waals surface area contributed by atoms with Crippen molar-refractivity contribution in [2.75, 3.05) is 35.2 Å². The molecule has 21 heteroatoms. The van der Waals surface area contributed by atoms with Gasteiger partial charge in [-0.1, -0.05) is 71.2 Å². The van der Waals surface area contributed by atoms with Gasteiger partial charge >= 0.3 is 11.9 Å². The summed E-state index contributed by atoms with van der Waals surface area (Å²) in [6, 6.07) is 0. The van der Waals surface area contributed by atoms with Gasteiger partial charge in [-0.15, -0.1) is 0 Å². The minimum Gasteiger partial charge on any atom is -0.481 e. The molecule has 62 heavy (non-hydrogen) atoms. The lowest BCUT2D eigenvalue weighted by Gasteiger charge is -2.05. The zero-order valence-electron chi connectivity index (χ0n) is 36.1. The molecule has 0 aromatic carbocycles. The van der Waals surface area contributed by atoms with Crippen LogP contribution in [0.5, 0.6) is 0 Å². The Bertz CT molecular complexity index is 1320. The quantitative estimate of drug-likeness (QED) is 0.109. The first-order valence-electron chi connectivity index (χ1n) is 18.1. The van der Waals surface area contributed by atoms with Crippen LogP contribution >= 0.6 is 0 Å². The molecule has 366 valence electrons. The van der Waals surface area contributed by atoms with E-state index >= 15 is 0 Å². The third-order valence-corrected chi connectivity index (χ3v) is 7.74. The van der Waals surface area contributed by atoms with Crippen molar-refractivity contribution < 1.29 is 67.7 Å². The number of hydrogen-bond acceptors (Lipinski definition) is 12. The monoisotopic (exact) mass is 898 g/mol. The van der Waals surface area contributed by atoms with E-state index < -0.39 is 35.6 Å². The Labute approximate surface area is 370 Å². The largest absolute Gasteiger partial charge is 0.481 e. The Hall–Kier alpha value is -5.76. The number of Topliss-reactive ketones (excluding diaryl/α,β-unsaturated/α-hetero) is 2. The maximum Gasteiger partial charge on any atom is 0.306 e. The predicted molar refractivity (Wildman–Crippen MR) is 239 cm³/mol. The Kier molecular flexibility index (Phi) is 53.7. The van der Waals surface area contributed by atoms with E-state index in [4.69, 9.17) is 21.7 Å². The maximum absolute atomic E-state index is 10.8. The highest BCUT2D eigenvalue weighted by Gasteiger charge is 2.32. The smallest absolute Gasteiger partial charge is 0.306 e. The number of ketones is 2. The fraction of sp³-hybridized carbons (Fsp3) is 0.707. The van der Waals surface area contributed by atoms with Gasteiger partial charge in [0.1, 0.15) is 11.6 Å². The third-order valence-electron chi connectivity index (χ3n) is 7.74. The van der Waals surface area contributed by atoms with Crippen LogP contribution in [0.1, 0.15) is 124 Å². The number of hydrogen-bond donors (Lipinski definition) is 8. The fourth-order valence-electron chi connectivity index (χ4n) is 3.57. The number of amides is 8. The van der Waals surface area contributed by atoms with E-state index in [1.54, 1.807) is 27.7 Å². The van der Waals surface area contributed by atoms with Crippen LogP contribution in [-0.4, -0.2) is 121 Å². The minimum atomic E-state index is -0.941. The van der Waals surface area contributed by atoms with E-state index in [-0.39, 0.29) is 126 Å². The first-order valence-corrected chi connectivity index (χ1v) is 18.1. The number of likely N-dealkylation sites (tertiary alicyclic amines) is 1. The van der Waals surface area contributed by atoms with Crippen molar-refractivity contribution in [3.63, 3.8) is 0 Å². The van der Waals surface area contributed by atoms with E-state index in [2.05, 4.69) is 21.3 Å². The molecule has 10 N–H and O–H groups in total. The Morgan fingerprint density at radius 1 is 0.597 bits per heavy atom. The molecule has 0 radical (unpaired) electrons. The number of primary amides is 2. The summed E-state index contributed by atoms with van der Waals surface area (Å²) in [5.74, 6) is -5.59. The van der Waals surface area contributed by atoms with Crippen LogP contribution < -0.4 is 32.7 Å². The molecule has 6 unspecified atom stereocenters. The molecule has 0 saturated carbocycles. The number of nitrogens with zero attached hydrogens (tertiary/aromatic N) is 1. The van der Waals surface area contributed by atoms with Crippen LogP contribution in [0.15, 0.2) is 0 Å². The second-order valence-electron chi connectivity index (χ2n) is 13.4. The maximum atomic E-state index is 10.8. The number of carboxylic acids is 2. The molecule has 1 fully saturated rings. The molecule has 0 bridgehead atoms. The average Bonchev–Trinajstić information content (AvgIpc) is 3.35. The van der Waals surface area contributed by atoms with Gasteiger partial charge in [0, 0.05) is 97.4 Å². The molecule has 1 aliphatic rings. The van der Waals surface area contributed by atoms with Gasteiger partial charge in [0.2, 0.25) is 47.3 Å². The zero-order chi connectivity index (χ0) is 47.0. The van der Waals surface area contributed by atoms with Gasteiger partial charge in [0.05, 0.1) is 11.8 Å². The van der Waals surface area contributed by atoms with Crippen molar-refractivity contribution in [3.05, 3.63) is 0 Å². The van der Waals surface area contributed by atoms with Gasteiger partial charge in [0.25, 0.3) is 0 Å². The Balaban J connectivity index is -0.0000000767. The van der Waals surface area contributed by atoms with Gasteiger partial charge in [-0.3, -0.25) is 57.6 Å². The molecule has 1 aliphatic heterocycles. The topological polar surface area (TPSA) is 349 Å². The number of carbonyl (C=O) groups is 12. The van der Waals surface area contributed by atoms with Crippen molar-refractivity contribution in [1.29, 1.82) is 0 Å². The molecule has 1 heterocycles. The SMILES string of the molecule is C.C.C.C.CC(=O)CC(C)C(C)=O.CC1CC(=O)N(C)C1=O.CNC(=O)C(C)CC(N)=O.CNC(=O)CC(C)C(=O)O.CNC(=O)CC(C)C(=O)O.CNC(=O)CC(C)C(N)=O. The molecule has 6 atom stereocenters. The molecule has 1 rings (SSSR count). The summed E-state index contributed by atoms with van der Waals surface area (Å²) in [4.78, 5) is 127. The van der Waals surface area contributed by atoms with Crippen LogP contribution in [0.4, 0.5) is 0 Å². The first-order chi connectivity index (χ1) is 26.5. The highest BCUT2D eigenvalue weighted by Crippen LogP contribution is 2.15. The second kappa shape index (κ2) is 43.3. The lowest BCUT2D eigenvalue weighted by Crippen LogP contribution is -2.28. The van der Waals surface area contributed by atoms with E-state index in [9.17, 15) is 57.5 Å². The highest BCUT2D eigenvalue weighted by molar-refractivity contribution is 6.03. The normalized spacial score (nSPS) is 13.8. The van der Waals surface area contributed by atoms with Gasteiger partial charge in [-0.05, 0) is 13.8 Å². The van der Waals surface area contributed by atoms with Crippen molar-refractivity contribution in [1.82, 2.24) is 26.2 Å². The number of nitrogens with two attached hydrogens (primary N) is 2. The van der Waals surface area contributed by atoms with Crippen molar-refractivity contribution in [2.45, 2.75) is 124 Å². The van der Waals surface area contributed by atoms with Crippen molar-refractivity contribution in [3.8, 4) is 0 Å². The summed E-state index contributed by atoms with van der Waals surface area (Å²) in [6.45, 7) is 12.8. The number of nitrogens with one attached hydrogen (secondary N) is 4. The lowest BCUT2D eigenvalue weighted by molar-refractivity contribution is -0.143. The summed E-state index contributed by atoms with van der Waals surface area (Å²) in [6.07, 6.45) is 1.15. The standard InChI is InChI=1S/C7H12O2.2C6H12N2O2.2C6H11NO3.C6H9NO2.4CH4/c1-5(7(3)9)4-6(2)8;1-4(6(7)10)3-5(9)8-2;1-4(3-5(7)9)6(10)8-2;2*1-4(6(9)10)3-5(8)7-2;1-4-3-5(8)7(2)6(4)9;;;;/h5H,4H2,1-3H3;4H,3H2,1-2H3,(H2,7,10)(H,8,9);4H,3H2,1-2H3,(H2,7,9)(H,8,10);2*4H,3H2,1-2H3,(H,7,8)(H,9,10);4H,3H2,1-2H3;4*1H4. The molecule has 0 aromatic heterocycles. The van der Waals surface area contributed by atoms with Gasteiger partial charge < -0.3 is 47.7 Å². The zero-order valence-corrected chi connectivity index (χ0v) is 36.1. The summed E-state index contributed by atoms with van der Waals surface area (Å²) in [7, 11) is 7.54. The second-order valence-corrected chi connectivity index (χ2v) is 13.4. The van der Waals surface area contributed by atoms with E-state index in [1.807, 2.05) is 0 Å². The van der Waals surface area contributed by atoms with Crippen molar-refractivity contribution >= 4 is 70.8 Å². The number of rotatable bonds is 15. The molecule has 0 spiro atoms. The van der Waals surface area contributed by atoms with Crippen LogP contribution in [-0.2, 0) is 57.5 Å². The van der Waals surface area contributed by atoms with E-state index in [1.165, 1.54) is 67.8 Å². The molecule has 21 nitrogen and oxygen atoms in total. The summed E-state index contributed by atoms with van der Waals surface area (Å²) >= 11 is 0. The predicted octanol–water partition coefficient (Wildman–Crippen LogP) is 1.92. The molecule has 0 aliphatic carbocycles. The van der Waals surface area contributed by atoms with Crippen LogP contribution in [0.2, 0.25) is 0 Å². The number of carboxylic acid groups (broad SMARTS) is 2. The molecule has 1 saturated heterocycles. The Morgan fingerprint density at radius 2 is 0.935 bits per heavy atom. The lowest BCUT2D eigenvalue weighted by atomic mass is 10.0. The molecular formula is C41H83N7O14. The van der Waals surface area contributed by atoms with E-state index in [0.717, 1.165) is 0 Å². The Morgan fingerprint density at radius 3 is 1.10 bits per heavy atom. The summed E-state index contributed by atoms with van der Waals surface area (Å²) in [5.41, 5.74) is 9.79. The minimum absolute atomic E-state index is 0. The van der Waals surface area contributed by atoms with Crippen LogP contribution in [0, 0.1) is 35.5 Å². The molecule has 8 amide bonds. The first kappa shape index (κ1) is 76.9. The van der Waals surface area contributed by atoms with Gasteiger partial charge in [-0.25, -0.2) is 0 Å².